The molecule has 0 aliphatic rings. The van der Waals surface area contributed by atoms with Crippen LogP contribution in [0.25, 0.3) is 0 Å². The van der Waals surface area contributed by atoms with Crippen LogP contribution in [-0.2, 0) is 9.59 Å². The van der Waals surface area contributed by atoms with Crippen molar-refractivity contribution in [2.45, 2.75) is 12.8 Å². The monoisotopic (exact) mass is 293 g/mol. The first-order chi connectivity index (χ1) is 9.47. The lowest BCUT2D eigenvalue weighted by atomic mass is 9.97. The van der Waals surface area contributed by atoms with Crippen molar-refractivity contribution in [2.24, 2.45) is 5.73 Å². The maximum Gasteiger partial charge on any atom is 0.239 e. The van der Waals surface area contributed by atoms with E-state index in [4.69, 9.17) is 18.0 Å². The van der Waals surface area contributed by atoms with Crippen LogP contribution in [0.4, 0.5) is 0 Å². The number of nitrogens with two attached hydrogens (primary N) is 1. The SMILES string of the molecule is CCNC(=O)CN(C)C(=O)C(C(N)=S)c1ccccc1. The fraction of sp³-hybridized carbons (Fsp3) is 0.357. The van der Waals surface area contributed by atoms with Crippen molar-refractivity contribution < 1.29 is 9.59 Å². The Morgan fingerprint density at radius 1 is 1.35 bits per heavy atom. The van der Waals surface area contributed by atoms with Gasteiger partial charge in [-0.15, -0.1) is 0 Å². The third-order valence-corrected chi connectivity index (χ3v) is 3.03. The van der Waals surface area contributed by atoms with Crippen molar-refractivity contribution in [3.8, 4) is 0 Å². The van der Waals surface area contributed by atoms with Crippen LogP contribution in [0.15, 0.2) is 30.3 Å². The molecule has 2 amide bonds. The normalized spacial score (nSPS) is 11.5. The van der Waals surface area contributed by atoms with E-state index in [1.54, 1.807) is 19.2 Å². The number of thiocarbonyl (C=S) groups is 1. The molecule has 1 atom stereocenters. The predicted molar refractivity (Wildman–Crippen MR) is 82.3 cm³/mol. The minimum atomic E-state index is -0.703. The predicted octanol–water partition coefficient (Wildman–Crippen LogP) is 0.651. The van der Waals surface area contributed by atoms with Crippen molar-refractivity contribution in [1.29, 1.82) is 0 Å². The Labute approximate surface area is 124 Å². The number of likely N-dealkylation sites (N-methyl/N-ethyl adjacent to an activating group) is 2. The lowest BCUT2D eigenvalue weighted by Gasteiger charge is -2.23. The number of nitrogens with one attached hydrogen (secondary N) is 1. The molecule has 1 unspecified atom stereocenters. The van der Waals surface area contributed by atoms with E-state index in [2.05, 4.69) is 5.32 Å². The first-order valence-electron chi connectivity index (χ1n) is 6.33. The van der Waals surface area contributed by atoms with Crippen molar-refractivity contribution in [1.82, 2.24) is 10.2 Å². The second-order valence-electron chi connectivity index (χ2n) is 4.39. The Bertz CT molecular complexity index is 490. The first-order valence-corrected chi connectivity index (χ1v) is 6.74. The molecular weight excluding hydrogens is 274 g/mol. The number of hydrogen-bond donors (Lipinski definition) is 2. The third kappa shape index (κ3) is 4.31. The standard InChI is InChI=1S/C14H19N3O2S/c1-3-16-11(18)9-17(2)14(19)12(13(15)20)10-7-5-4-6-8-10/h4-8,12H,3,9H2,1-2H3,(H2,15,20)(H,16,18). The number of benzene rings is 1. The van der Waals surface area contributed by atoms with Crippen molar-refractivity contribution in [3.63, 3.8) is 0 Å². The highest BCUT2D eigenvalue weighted by molar-refractivity contribution is 7.80. The van der Waals surface area contributed by atoms with Crippen molar-refractivity contribution >= 4 is 29.0 Å². The molecule has 1 rings (SSSR count). The summed E-state index contributed by atoms with van der Waals surface area (Å²) in [7, 11) is 1.56. The topological polar surface area (TPSA) is 75.4 Å². The highest BCUT2D eigenvalue weighted by Crippen LogP contribution is 2.18. The van der Waals surface area contributed by atoms with Gasteiger partial charge in [0.25, 0.3) is 0 Å². The fourth-order valence-electron chi connectivity index (χ4n) is 1.84. The van der Waals surface area contributed by atoms with E-state index in [0.29, 0.717) is 6.54 Å². The minimum Gasteiger partial charge on any atom is -0.392 e. The van der Waals surface area contributed by atoms with Crippen molar-refractivity contribution in [3.05, 3.63) is 35.9 Å². The van der Waals surface area contributed by atoms with Crippen LogP contribution in [-0.4, -0.2) is 41.8 Å². The smallest absolute Gasteiger partial charge is 0.239 e. The molecule has 0 fully saturated rings. The molecule has 5 nitrogen and oxygen atoms in total. The van der Waals surface area contributed by atoms with Crippen LogP contribution >= 0.6 is 12.2 Å². The van der Waals surface area contributed by atoms with Gasteiger partial charge in [0.05, 0.1) is 11.5 Å². The number of carbonyl (C=O) groups excluding carboxylic acids is 2. The van der Waals surface area contributed by atoms with E-state index < -0.39 is 5.92 Å². The largest absolute Gasteiger partial charge is 0.392 e. The van der Waals surface area contributed by atoms with Crippen LogP contribution in [0.5, 0.6) is 0 Å². The Kier molecular flexibility index (Phi) is 6.11. The summed E-state index contributed by atoms with van der Waals surface area (Å²) in [6, 6.07) is 9.07. The van der Waals surface area contributed by atoms with Gasteiger partial charge in [-0.2, -0.15) is 0 Å². The highest BCUT2D eigenvalue weighted by atomic mass is 32.1. The van der Waals surface area contributed by atoms with Gasteiger partial charge < -0.3 is 16.0 Å². The average Bonchev–Trinajstić information content (AvgIpc) is 2.39. The quantitative estimate of drug-likeness (QED) is 0.755. The Morgan fingerprint density at radius 2 is 1.95 bits per heavy atom. The molecule has 1 aromatic rings. The molecule has 0 aromatic heterocycles. The van der Waals surface area contributed by atoms with Crippen LogP contribution in [0.1, 0.15) is 18.4 Å². The van der Waals surface area contributed by atoms with Crippen LogP contribution in [0.2, 0.25) is 0 Å². The number of hydrogen-bond acceptors (Lipinski definition) is 3. The molecule has 0 radical (unpaired) electrons. The second-order valence-corrected chi connectivity index (χ2v) is 4.87. The van der Waals surface area contributed by atoms with Gasteiger partial charge >= 0.3 is 0 Å². The Morgan fingerprint density at radius 3 is 2.45 bits per heavy atom. The van der Waals surface area contributed by atoms with Gasteiger partial charge in [0.15, 0.2) is 0 Å². The molecule has 0 spiro atoms. The molecule has 1 aromatic carbocycles. The number of nitrogens with zero attached hydrogens (tertiary/aromatic N) is 1. The van der Waals surface area contributed by atoms with Gasteiger partial charge in [-0.3, -0.25) is 9.59 Å². The summed E-state index contributed by atoms with van der Waals surface area (Å²) in [4.78, 5) is 25.4. The van der Waals surface area contributed by atoms with E-state index in [1.807, 2.05) is 25.1 Å². The molecule has 20 heavy (non-hydrogen) atoms. The fourth-order valence-corrected chi connectivity index (χ4v) is 2.08. The highest BCUT2D eigenvalue weighted by Gasteiger charge is 2.27. The summed E-state index contributed by atoms with van der Waals surface area (Å²) in [6.07, 6.45) is 0. The number of amides is 2. The zero-order valence-corrected chi connectivity index (χ0v) is 12.4. The molecule has 0 saturated carbocycles. The van der Waals surface area contributed by atoms with Gasteiger partial charge in [0, 0.05) is 13.6 Å². The van der Waals surface area contributed by atoms with E-state index in [0.717, 1.165) is 5.56 Å². The summed E-state index contributed by atoms with van der Waals surface area (Å²) in [5, 5.41) is 2.64. The molecule has 6 heteroatoms. The lowest BCUT2D eigenvalue weighted by molar-refractivity contribution is -0.134. The molecule has 0 aliphatic heterocycles. The summed E-state index contributed by atoms with van der Waals surface area (Å²) < 4.78 is 0. The third-order valence-electron chi connectivity index (χ3n) is 2.80. The molecule has 0 aliphatic carbocycles. The molecule has 0 heterocycles. The first kappa shape index (κ1) is 16.1. The Balaban J connectivity index is 2.85. The van der Waals surface area contributed by atoms with Crippen LogP contribution in [0.3, 0.4) is 0 Å². The summed E-state index contributed by atoms with van der Waals surface area (Å²) in [5.74, 6) is -1.20. The van der Waals surface area contributed by atoms with E-state index >= 15 is 0 Å². The molecule has 0 bridgehead atoms. The summed E-state index contributed by atoms with van der Waals surface area (Å²) in [5.41, 5.74) is 6.41. The minimum absolute atomic E-state index is 0.0153. The average molecular weight is 293 g/mol. The lowest BCUT2D eigenvalue weighted by Crippen LogP contribution is -2.43. The van der Waals surface area contributed by atoms with Gasteiger partial charge in [-0.25, -0.2) is 0 Å². The van der Waals surface area contributed by atoms with E-state index in [9.17, 15) is 9.59 Å². The van der Waals surface area contributed by atoms with Gasteiger partial charge in [-0.05, 0) is 12.5 Å². The van der Waals surface area contributed by atoms with Crippen molar-refractivity contribution in [2.75, 3.05) is 20.1 Å². The van der Waals surface area contributed by atoms with Gasteiger partial charge in [0.1, 0.15) is 5.92 Å². The van der Waals surface area contributed by atoms with Gasteiger partial charge in [-0.1, -0.05) is 42.5 Å². The zero-order chi connectivity index (χ0) is 15.1. The molecule has 0 saturated heterocycles. The van der Waals surface area contributed by atoms with Crippen LogP contribution in [0, 0.1) is 0 Å². The van der Waals surface area contributed by atoms with E-state index in [1.165, 1.54) is 4.90 Å². The molecular formula is C14H19N3O2S. The van der Waals surface area contributed by atoms with E-state index in [-0.39, 0.29) is 23.3 Å². The second kappa shape index (κ2) is 7.59. The zero-order valence-electron chi connectivity index (χ0n) is 11.6. The Hall–Kier alpha value is -1.95. The molecule has 3 N–H and O–H groups in total. The number of rotatable bonds is 6. The summed E-state index contributed by atoms with van der Waals surface area (Å²) >= 11 is 4.99. The number of carbonyl (C=O) groups is 2. The maximum atomic E-state index is 12.4. The van der Waals surface area contributed by atoms with Gasteiger partial charge in [0.2, 0.25) is 11.8 Å². The van der Waals surface area contributed by atoms with Crippen LogP contribution < -0.4 is 11.1 Å². The summed E-state index contributed by atoms with van der Waals surface area (Å²) in [6.45, 7) is 2.33. The maximum absolute atomic E-state index is 12.4. The molecule has 108 valence electrons.